The molecule has 0 aliphatic carbocycles. The molecule has 3 aromatic carbocycles. The van der Waals surface area contributed by atoms with Crippen molar-refractivity contribution in [3.63, 3.8) is 0 Å². The second-order valence-electron chi connectivity index (χ2n) is 10.4. The number of halogens is 5. The van der Waals surface area contributed by atoms with E-state index >= 15 is 0 Å². The lowest BCUT2D eigenvalue weighted by atomic mass is 9.97. The van der Waals surface area contributed by atoms with E-state index in [2.05, 4.69) is 0 Å². The van der Waals surface area contributed by atoms with Crippen LogP contribution in [0.3, 0.4) is 0 Å². The Kier molecular flexibility index (Phi) is 8.64. The Morgan fingerprint density at radius 3 is 2.14 bits per heavy atom. The Balaban J connectivity index is 1.53. The molecule has 2 fully saturated rings. The van der Waals surface area contributed by atoms with E-state index in [4.69, 9.17) is 4.74 Å². The van der Waals surface area contributed by atoms with Gasteiger partial charge in [-0.1, -0.05) is 24.3 Å². The lowest BCUT2D eigenvalue weighted by Gasteiger charge is -2.30. The highest BCUT2D eigenvalue weighted by Gasteiger charge is 2.45. The molecule has 2 heterocycles. The number of anilines is 1. The van der Waals surface area contributed by atoms with Gasteiger partial charge in [-0.3, -0.25) is 4.79 Å². The molecule has 0 saturated carbocycles. The Labute approximate surface area is 248 Å². The molecule has 0 spiro atoms. The van der Waals surface area contributed by atoms with Gasteiger partial charge >= 0.3 is 5.97 Å². The summed E-state index contributed by atoms with van der Waals surface area (Å²) >= 11 is 0. The summed E-state index contributed by atoms with van der Waals surface area (Å²) < 4.78 is 103. The monoisotopic (exact) mass is 640 g/mol. The third kappa shape index (κ3) is 5.62. The number of ether oxygens (including phenoxy) is 1. The second kappa shape index (κ2) is 12.1. The predicted octanol–water partition coefficient (Wildman–Crippen LogP) is 4.68. The number of nitrogens with zero attached hydrogens (tertiary/aromatic N) is 2. The van der Waals surface area contributed by atoms with Gasteiger partial charge in [0, 0.05) is 30.8 Å². The van der Waals surface area contributed by atoms with Crippen LogP contribution >= 0.6 is 0 Å². The zero-order valence-corrected chi connectivity index (χ0v) is 23.6. The van der Waals surface area contributed by atoms with Gasteiger partial charge in [0.15, 0.2) is 28.2 Å². The molecule has 2 aliphatic heterocycles. The van der Waals surface area contributed by atoms with E-state index in [1.165, 1.54) is 6.07 Å². The van der Waals surface area contributed by atoms with E-state index in [1.54, 1.807) is 12.1 Å². The zero-order chi connectivity index (χ0) is 31.9. The fraction of sp³-hybridized carbons (Fsp3) is 0.310. The number of carboxylic acid groups (broad SMARTS) is 1. The van der Waals surface area contributed by atoms with Crippen LogP contribution in [0.15, 0.2) is 47.4 Å². The Hall–Kier alpha value is -4.08. The molecule has 0 bridgehead atoms. The molecule has 0 aromatic heterocycles. The SMILES string of the molecule is O=C(O)c1ccc(N(Cc2ccc([C@H]3CCOC3)cc2)C(=O)[C@H]2CCCN2S(=O)(=O)c2c(F)c(F)c(F)c(F)c2F)cc1O. The van der Waals surface area contributed by atoms with E-state index in [-0.39, 0.29) is 31.0 Å². The van der Waals surface area contributed by atoms with E-state index in [1.807, 2.05) is 12.1 Å². The maximum atomic E-state index is 14.6. The predicted molar refractivity (Wildman–Crippen MR) is 144 cm³/mol. The number of carbonyl (C=O) groups excluding carboxylic acids is 1. The molecule has 9 nitrogen and oxygen atoms in total. The first-order valence-electron chi connectivity index (χ1n) is 13.4. The number of aromatic hydroxyl groups is 1. The maximum Gasteiger partial charge on any atom is 0.339 e. The van der Waals surface area contributed by atoms with Crippen molar-refractivity contribution >= 4 is 27.6 Å². The minimum absolute atomic E-state index is 0.0141. The molecule has 5 rings (SSSR count). The van der Waals surface area contributed by atoms with Crippen LogP contribution in [-0.2, 0) is 26.1 Å². The van der Waals surface area contributed by atoms with Crippen molar-refractivity contribution in [3.8, 4) is 5.75 Å². The number of carboxylic acids is 1. The summed E-state index contributed by atoms with van der Waals surface area (Å²) in [6.07, 6.45) is 0.679. The Bertz CT molecular complexity index is 1700. The largest absolute Gasteiger partial charge is 0.507 e. The molecule has 2 N–H and O–H groups in total. The Morgan fingerprint density at radius 1 is 0.932 bits per heavy atom. The van der Waals surface area contributed by atoms with Gasteiger partial charge in [-0.25, -0.2) is 35.2 Å². The molecule has 2 aliphatic rings. The first-order valence-corrected chi connectivity index (χ1v) is 14.8. The van der Waals surface area contributed by atoms with Crippen molar-refractivity contribution in [1.29, 1.82) is 0 Å². The summed E-state index contributed by atoms with van der Waals surface area (Å²) in [5.41, 5.74) is 1.03. The van der Waals surface area contributed by atoms with Crippen molar-refractivity contribution in [2.24, 2.45) is 0 Å². The highest BCUT2D eigenvalue weighted by molar-refractivity contribution is 7.89. The fourth-order valence-electron chi connectivity index (χ4n) is 5.42. The van der Waals surface area contributed by atoms with E-state index in [9.17, 15) is 50.2 Å². The van der Waals surface area contributed by atoms with Crippen LogP contribution in [0.4, 0.5) is 27.6 Å². The van der Waals surface area contributed by atoms with Crippen LogP contribution in [-0.4, -0.2) is 60.6 Å². The smallest absolute Gasteiger partial charge is 0.339 e. The highest BCUT2D eigenvalue weighted by Crippen LogP contribution is 2.35. The number of benzene rings is 3. The van der Waals surface area contributed by atoms with Crippen LogP contribution in [0.1, 0.15) is 46.7 Å². The molecule has 2 saturated heterocycles. The number of hydrogen-bond acceptors (Lipinski definition) is 6. The molecular formula is C29H25F5N2O7S. The molecule has 3 aromatic rings. The third-order valence-electron chi connectivity index (χ3n) is 7.74. The molecule has 234 valence electrons. The number of phenols is 1. The average molecular weight is 641 g/mol. The number of carbonyl (C=O) groups is 2. The number of hydrogen-bond donors (Lipinski definition) is 2. The Morgan fingerprint density at radius 2 is 1.57 bits per heavy atom. The number of sulfonamides is 1. The van der Waals surface area contributed by atoms with Crippen LogP contribution in [0.5, 0.6) is 5.75 Å². The molecular weight excluding hydrogens is 615 g/mol. The van der Waals surface area contributed by atoms with Gasteiger partial charge in [0.2, 0.25) is 21.7 Å². The summed E-state index contributed by atoms with van der Waals surface area (Å²) in [5.74, 6) is -15.4. The molecule has 2 atom stereocenters. The summed E-state index contributed by atoms with van der Waals surface area (Å²) in [5, 5.41) is 19.6. The number of amides is 1. The average Bonchev–Trinajstić information content (AvgIpc) is 3.71. The van der Waals surface area contributed by atoms with Crippen molar-refractivity contribution in [1.82, 2.24) is 4.31 Å². The van der Waals surface area contributed by atoms with Gasteiger partial charge in [0.25, 0.3) is 0 Å². The van der Waals surface area contributed by atoms with Gasteiger partial charge < -0.3 is 19.8 Å². The second-order valence-corrected chi connectivity index (χ2v) is 12.2. The van der Waals surface area contributed by atoms with Crippen molar-refractivity contribution in [2.75, 3.05) is 24.7 Å². The van der Waals surface area contributed by atoms with Crippen LogP contribution in [0.25, 0.3) is 0 Å². The normalized spacial score (nSPS) is 18.9. The summed E-state index contributed by atoms with van der Waals surface area (Å²) in [6, 6.07) is 8.71. The molecule has 0 unspecified atom stereocenters. The first kappa shape index (κ1) is 31.3. The highest BCUT2D eigenvalue weighted by atomic mass is 32.2. The standard InChI is InChI=1S/C29H25F5N2O7S/c30-22-23(31)25(33)27(26(34)24(22)32)44(41,42)36-10-1-2-20(36)28(38)35(18-7-8-19(29(39)40)21(37)12-18)13-15-3-5-16(6-4-15)17-9-11-43-14-17/h3-8,12,17,20,37H,1-2,9-11,13-14H2,(H,39,40)/t17-,20+/m0/s1. The molecule has 0 radical (unpaired) electrons. The number of aromatic carboxylic acids is 1. The van der Waals surface area contributed by atoms with Crippen molar-refractivity contribution in [3.05, 3.63) is 88.2 Å². The van der Waals surface area contributed by atoms with E-state index in [0.717, 1.165) is 29.0 Å². The summed E-state index contributed by atoms with van der Waals surface area (Å²) in [6.45, 7) is 0.497. The van der Waals surface area contributed by atoms with Crippen LogP contribution in [0, 0.1) is 29.1 Å². The van der Waals surface area contributed by atoms with Crippen LogP contribution < -0.4 is 4.90 Å². The van der Waals surface area contributed by atoms with E-state index < -0.39 is 79.8 Å². The van der Waals surface area contributed by atoms with Gasteiger partial charge in [-0.15, -0.1) is 0 Å². The molecule has 1 amide bonds. The summed E-state index contributed by atoms with van der Waals surface area (Å²) in [4.78, 5) is 24.4. The third-order valence-corrected chi connectivity index (χ3v) is 9.66. The quantitative estimate of drug-likeness (QED) is 0.208. The minimum Gasteiger partial charge on any atom is -0.507 e. The first-order chi connectivity index (χ1) is 20.8. The molecule has 44 heavy (non-hydrogen) atoms. The van der Waals surface area contributed by atoms with Crippen LogP contribution in [0.2, 0.25) is 0 Å². The van der Waals surface area contributed by atoms with Crippen molar-refractivity contribution in [2.45, 2.75) is 42.7 Å². The zero-order valence-electron chi connectivity index (χ0n) is 22.8. The van der Waals surface area contributed by atoms with Crippen molar-refractivity contribution < 1.29 is 54.9 Å². The molecule has 15 heteroatoms. The topological polar surface area (TPSA) is 124 Å². The number of rotatable bonds is 8. The van der Waals surface area contributed by atoms with Gasteiger partial charge in [-0.05, 0) is 42.5 Å². The fourth-order valence-corrected chi connectivity index (χ4v) is 7.19. The van der Waals surface area contributed by atoms with Gasteiger partial charge in [0.05, 0.1) is 13.2 Å². The van der Waals surface area contributed by atoms with Gasteiger partial charge in [0.1, 0.15) is 17.4 Å². The summed E-state index contributed by atoms with van der Waals surface area (Å²) in [7, 11) is -5.44. The lowest BCUT2D eigenvalue weighted by Crippen LogP contribution is -2.48. The lowest BCUT2D eigenvalue weighted by molar-refractivity contribution is -0.121. The minimum atomic E-state index is -5.44. The van der Waals surface area contributed by atoms with Gasteiger partial charge in [-0.2, -0.15) is 4.31 Å². The maximum absolute atomic E-state index is 14.6. The van der Waals surface area contributed by atoms with E-state index in [0.29, 0.717) is 23.1 Å².